The van der Waals surface area contributed by atoms with Gasteiger partial charge in [-0.1, -0.05) is 25.7 Å². The summed E-state index contributed by atoms with van der Waals surface area (Å²) in [5.74, 6) is 0. The number of aromatic amines is 1. The van der Waals surface area contributed by atoms with Gasteiger partial charge in [0, 0.05) is 48.6 Å². The van der Waals surface area contributed by atoms with Crippen molar-refractivity contribution in [1.82, 2.24) is 20.1 Å². The highest BCUT2D eigenvalue weighted by Crippen LogP contribution is 2.55. The van der Waals surface area contributed by atoms with Crippen LogP contribution in [0.25, 0.3) is 11.4 Å². The molecule has 184 valence electrons. The molecule has 3 aliphatic rings. The Bertz CT molecular complexity index is 1060. The molecule has 0 aromatic carbocycles. The Hall–Kier alpha value is -3.15. The lowest BCUT2D eigenvalue weighted by molar-refractivity contribution is -0.277. The summed E-state index contributed by atoms with van der Waals surface area (Å²) in [5, 5.41) is 26.6. The van der Waals surface area contributed by atoms with E-state index < -0.39 is 36.2 Å². The van der Waals surface area contributed by atoms with E-state index >= 15 is 0 Å². The van der Waals surface area contributed by atoms with Gasteiger partial charge in [0.1, 0.15) is 5.69 Å². The fourth-order valence-electron chi connectivity index (χ4n) is 4.16. The molecule has 5 rings (SSSR count). The number of hydrogen-bond acceptors (Lipinski definition) is 6. The predicted molar refractivity (Wildman–Crippen MR) is 121 cm³/mol. The van der Waals surface area contributed by atoms with Gasteiger partial charge >= 0.3 is 12.2 Å². The number of amides is 2. The molecule has 1 aliphatic heterocycles. The maximum Gasteiger partial charge on any atom is 0.417 e. The smallest absolute Gasteiger partial charge is 0.398 e. The Morgan fingerprint density at radius 3 is 2.44 bits per heavy atom. The van der Waals surface area contributed by atoms with E-state index in [1.165, 1.54) is 49.0 Å². The van der Waals surface area contributed by atoms with Crippen molar-refractivity contribution >= 4 is 23.6 Å². The second-order valence-corrected chi connectivity index (χ2v) is 9.18. The molecule has 6 N–H and O–H groups in total. The number of rotatable bonds is 3. The minimum atomic E-state index is -4.74. The number of nitrogen functional groups attached to an aromatic ring is 1. The first-order valence-corrected chi connectivity index (χ1v) is 11.3. The van der Waals surface area contributed by atoms with Gasteiger partial charge < -0.3 is 26.5 Å². The first-order chi connectivity index (χ1) is 16.1. The third kappa shape index (κ3) is 4.59. The molecular formula is C22H28F3N7O2. The lowest BCUT2D eigenvalue weighted by atomic mass is 9.84. The van der Waals surface area contributed by atoms with Crippen LogP contribution >= 0.6 is 0 Å². The number of aromatic nitrogens is 3. The van der Waals surface area contributed by atoms with Gasteiger partial charge in [0.2, 0.25) is 0 Å². The summed E-state index contributed by atoms with van der Waals surface area (Å²) < 4.78 is 39.7. The van der Waals surface area contributed by atoms with Crippen LogP contribution in [0, 0.1) is 5.41 Å². The van der Waals surface area contributed by atoms with E-state index in [1.54, 1.807) is 0 Å². The number of hydrogen-bond donors (Lipinski definition) is 5. The molecule has 2 aromatic heterocycles. The van der Waals surface area contributed by atoms with Crippen molar-refractivity contribution in [3.63, 3.8) is 0 Å². The molecule has 34 heavy (non-hydrogen) atoms. The normalized spacial score (nSPS) is 22.9. The Morgan fingerprint density at radius 1 is 1.24 bits per heavy atom. The molecule has 2 saturated carbocycles. The van der Waals surface area contributed by atoms with Crippen molar-refractivity contribution in [3.8, 4) is 11.4 Å². The molecule has 3 fully saturated rings. The quantitative estimate of drug-likeness (QED) is 0.422. The van der Waals surface area contributed by atoms with E-state index in [2.05, 4.69) is 20.5 Å². The van der Waals surface area contributed by atoms with E-state index in [0.717, 1.165) is 6.21 Å². The van der Waals surface area contributed by atoms with Gasteiger partial charge in [-0.2, -0.15) is 18.3 Å². The van der Waals surface area contributed by atoms with E-state index in [9.17, 15) is 23.1 Å². The molecule has 9 nitrogen and oxygen atoms in total. The van der Waals surface area contributed by atoms with Crippen molar-refractivity contribution in [2.45, 2.75) is 68.7 Å². The monoisotopic (exact) mass is 479 g/mol. The summed E-state index contributed by atoms with van der Waals surface area (Å²) in [7, 11) is 0. The van der Waals surface area contributed by atoms with Crippen molar-refractivity contribution in [1.29, 1.82) is 5.41 Å². The summed E-state index contributed by atoms with van der Waals surface area (Å²) in [4.78, 5) is 18.4. The lowest BCUT2D eigenvalue weighted by Gasteiger charge is -2.45. The van der Waals surface area contributed by atoms with Crippen LogP contribution < -0.4 is 11.1 Å². The number of anilines is 2. The summed E-state index contributed by atoms with van der Waals surface area (Å²) in [6, 6.07) is 0.958. The van der Waals surface area contributed by atoms with E-state index in [1.807, 2.05) is 0 Å². The molecule has 12 heteroatoms. The van der Waals surface area contributed by atoms with E-state index in [0.29, 0.717) is 41.2 Å². The maximum absolute atomic E-state index is 13.2. The second-order valence-electron chi connectivity index (χ2n) is 9.18. The molecule has 2 aromatic rings. The highest BCUT2D eigenvalue weighted by atomic mass is 19.4. The van der Waals surface area contributed by atoms with Crippen LogP contribution in [0.2, 0.25) is 0 Å². The largest absolute Gasteiger partial charge is 0.417 e. The highest BCUT2D eigenvalue weighted by molar-refractivity contribution is 5.94. The van der Waals surface area contributed by atoms with Crippen LogP contribution in [0.5, 0.6) is 0 Å². The van der Waals surface area contributed by atoms with Crippen molar-refractivity contribution in [2.75, 3.05) is 17.6 Å². The Kier molecular flexibility index (Phi) is 6.28. The number of carbonyl (C=O) groups is 1. The fourth-order valence-corrected chi connectivity index (χ4v) is 4.16. The predicted octanol–water partition coefficient (Wildman–Crippen LogP) is 4.07. The van der Waals surface area contributed by atoms with Gasteiger partial charge in [-0.05, 0) is 18.9 Å². The number of likely N-dealkylation sites (tertiary alicyclic amines) is 1. The molecule has 1 unspecified atom stereocenters. The molecule has 2 aliphatic carbocycles. The van der Waals surface area contributed by atoms with Gasteiger partial charge in [-0.3, -0.25) is 10.1 Å². The average Bonchev–Trinajstić information content (AvgIpc) is 3.30. The summed E-state index contributed by atoms with van der Waals surface area (Å²) in [6.07, 6.45) is 4.80. The van der Waals surface area contributed by atoms with E-state index in [4.69, 9.17) is 11.1 Å². The molecule has 1 spiro atoms. The lowest BCUT2D eigenvalue weighted by Crippen LogP contribution is -2.60. The summed E-state index contributed by atoms with van der Waals surface area (Å²) in [6.45, 7) is -0.214. The molecule has 2 amide bonds. The number of nitrogens with two attached hydrogens (primary N) is 1. The van der Waals surface area contributed by atoms with Crippen LogP contribution in [-0.4, -0.2) is 61.3 Å². The molecule has 3 heterocycles. The Morgan fingerprint density at radius 2 is 1.91 bits per heavy atom. The number of halogens is 3. The molecule has 1 atom stereocenters. The van der Waals surface area contributed by atoms with Gasteiger partial charge in [-0.25, -0.2) is 4.79 Å². The fraction of sp³-hybridized carbons (Fsp3) is 0.545. The molecular weight excluding hydrogens is 451 g/mol. The molecule has 1 saturated heterocycles. The minimum absolute atomic E-state index is 0.214. The Balaban J connectivity index is 0.000000620. The third-order valence-corrected chi connectivity index (χ3v) is 6.80. The number of aliphatic hydroxyl groups is 1. The number of piperidine rings is 1. The van der Waals surface area contributed by atoms with Gasteiger partial charge in [0.05, 0.1) is 17.6 Å². The van der Waals surface area contributed by atoms with Crippen LogP contribution in [0.15, 0.2) is 18.5 Å². The topological polar surface area (TPSA) is 144 Å². The molecule has 0 bridgehead atoms. The molecule has 0 radical (unpaired) electrons. The first-order valence-electron chi connectivity index (χ1n) is 11.3. The van der Waals surface area contributed by atoms with Gasteiger partial charge in [0.15, 0.2) is 5.60 Å². The van der Waals surface area contributed by atoms with Gasteiger partial charge in [0.25, 0.3) is 0 Å². The zero-order valence-electron chi connectivity index (χ0n) is 18.6. The number of carbonyl (C=O) groups excluding carboxylic acids is 1. The number of alkyl halides is 3. The van der Waals surface area contributed by atoms with Crippen molar-refractivity contribution < 1.29 is 23.1 Å². The average molecular weight is 480 g/mol. The third-order valence-electron chi connectivity index (χ3n) is 6.80. The van der Waals surface area contributed by atoms with Gasteiger partial charge in [-0.15, -0.1) is 0 Å². The van der Waals surface area contributed by atoms with Crippen LogP contribution in [0.3, 0.4) is 0 Å². The number of pyridine rings is 1. The number of nitrogens with one attached hydrogen (secondary N) is 3. The standard InChI is InChI=1S/C18H20F3N7O2.C4H8/c19-18(20,21)17(30)3-4-28(16(9-17)1-2-16)15(29)26-13-8-25-27-14(13)12-5-11(23)10(6-22)7-24-12;1-2-4-3-1/h5-8,22,30H,1-4,9H2,(H2,23,24)(H,25,27)(H,26,29);1-4H2. The Labute approximate surface area is 194 Å². The maximum atomic E-state index is 13.2. The zero-order valence-corrected chi connectivity index (χ0v) is 18.6. The first kappa shape index (κ1) is 24.0. The van der Waals surface area contributed by atoms with Crippen molar-refractivity contribution in [2.24, 2.45) is 0 Å². The van der Waals surface area contributed by atoms with Crippen LogP contribution in [-0.2, 0) is 0 Å². The SMILES string of the molecule is C1CCC1.N=Cc1cnc(-c2[nH]ncc2NC(=O)N2CCC(O)(C(F)(F)F)CC23CC3)cc1N. The number of urea groups is 1. The van der Waals surface area contributed by atoms with Crippen LogP contribution in [0.4, 0.5) is 29.3 Å². The van der Waals surface area contributed by atoms with Crippen molar-refractivity contribution in [3.05, 3.63) is 24.0 Å². The zero-order chi connectivity index (χ0) is 24.6. The summed E-state index contributed by atoms with van der Waals surface area (Å²) in [5.41, 5.74) is 3.91. The number of H-pyrrole nitrogens is 1. The minimum Gasteiger partial charge on any atom is -0.398 e. The number of nitrogens with zero attached hydrogens (tertiary/aromatic N) is 3. The highest BCUT2D eigenvalue weighted by Gasteiger charge is 2.65. The van der Waals surface area contributed by atoms with E-state index in [-0.39, 0.29) is 6.54 Å². The second kappa shape index (κ2) is 8.90. The summed E-state index contributed by atoms with van der Waals surface area (Å²) >= 11 is 0. The van der Waals surface area contributed by atoms with Crippen LogP contribution in [0.1, 0.15) is 56.9 Å².